The van der Waals surface area contributed by atoms with Gasteiger partial charge < -0.3 is 10.6 Å². The molecule has 0 aliphatic rings. The molecule has 1 atom stereocenters. The number of halogens is 2. The molecular formula is C11H16ClFN2. The predicted octanol–water partition coefficient (Wildman–Crippen LogP) is 3.30. The van der Waals surface area contributed by atoms with Gasteiger partial charge in [0.25, 0.3) is 0 Å². The number of rotatable bonds is 3. The molecule has 0 spiro atoms. The van der Waals surface area contributed by atoms with Crippen molar-refractivity contribution in [2.24, 2.45) is 0 Å². The number of nitrogen functional groups attached to an aromatic ring is 1. The largest absolute Gasteiger partial charge is 0.397 e. The lowest BCUT2D eigenvalue weighted by molar-refractivity contribution is 0.626. The highest BCUT2D eigenvalue weighted by Gasteiger charge is 2.13. The third-order valence-electron chi connectivity index (χ3n) is 2.70. The standard InChI is InChI=1S/C11H16ClFN2/c1-4-7(2)15(3)11-5-8(12)9(13)6-10(11)14/h5-7H,4,14H2,1-3H3. The molecular weight excluding hydrogens is 215 g/mol. The zero-order valence-electron chi connectivity index (χ0n) is 9.22. The van der Waals surface area contributed by atoms with E-state index in [1.54, 1.807) is 6.07 Å². The molecule has 4 heteroatoms. The van der Waals surface area contributed by atoms with Gasteiger partial charge in [-0.3, -0.25) is 0 Å². The van der Waals surface area contributed by atoms with Crippen LogP contribution in [0.1, 0.15) is 20.3 Å². The fraction of sp³-hybridized carbons (Fsp3) is 0.455. The van der Waals surface area contributed by atoms with E-state index in [1.165, 1.54) is 6.07 Å². The third kappa shape index (κ3) is 2.53. The Labute approximate surface area is 94.8 Å². The van der Waals surface area contributed by atoms with Crippen molar-refractivity contribution < 1.29 is 4.39 Å². The minimum Gasteiger partial charge on any atom is -0.397 e. The minimum atomic E-state index is -0.476. The Morgan fingerprint density at radius 2 is 2.13 bits per heavy atom. The molecule has 1 aromatic rings. The molecule has 0 fully saturated rings. The second-order valence-corrected chi connectivity index (χ2v) is 4.10. The van der Waals surface area contributed by atoms with Gasteiger partial charge in [-0.15, -0.1) is 0 Å². The fourth-order valence-electron chi connectivity index (χ4n) is 1.37. The maximum atomic E-state index is 13.1. The quantitative estimate of drug-likeness (QED) is 0.808. The molecule has 1 aromatic carbocycles. The zero-order chi connectivity index (χ0) is 11.6. The molecule has 0 amide bonds. The molecule has 0 aromatic heterocycles. The average Bonchev–Trinajstić information content (AvgIpc) is 2.21. The van der Waals surface area contributed by atoms with Gasteiger partial charge in [-0.05, 0) is 19.4 Å². The minimum absolute atomic E-state index is 0.106. The van der Waals surface area contributed by atoms with E-state index in [0.29, 0.717) is 11.7 Å². The first kappa shape index (κ1) is 12.1. The van der Waals surface area contributed by atoms with E-state index in [2.05, 4.69) is 13.8 Å². The molecule has 2 N–H and O–H groups in total. The number of hydrogen-bond donors (Lipinski definition) is 1. The number of hydrogen-bond acceptors (Lipinski definition) is 2. The summed E-state index contributed by atoms with van der Waals surface area (Å²) in [7, 11) is 1.92. The van der Waals surface area contributed by atoms with Crippen molar-refractivity contribution in [2.45, 2.75) is 26.3 Å². The molecule has 0 saturated heterocycles. The molecule has 2 nitrogen and oxygen atoms in total. The number of anilines is 2. The summed E-state index contributed by atoms with van der Waals surface area (Å²) in [5, 5.41) is 0.106. The van der Waals surface area contributed by atoms with Crippen LogP contribution in [0.25, 0.3) is 0 Å². The molecule has 0 aliphatic carbocycles. The Morgan fingerprint density at radius 3 is 2.67 bits per heavy atom. The maximum absolute atomic E-state index is 13.1. The fourth-order valence-corrected chi connectivity index (χ4v) is 1.53. The normalized spacial score (nSPS) is 12.6. The molecule has 15 heavy (non-hydrogen) atoms. The van der Waals surface area contributed by atoms with Crippen LogP contribution in [0.5, 0.6) is 0 Å². The van der Waals surface area contributed by atoms with Gasteiger partial charge in [-0.1, -0.05) is 18.5 Å². The average molecular weight is 231 g/mol. The van der Waals surface area contributed by atoms with E-state index in [1.807, 2.05) is 11.9 Å². The Bertz CT molecular complexity index is 355. The lowest BCUT2D eigenvalue weighted by Crippen LogP contribution is -2.28. The van der Waals surface area contributed by atoms with E-state index < -0.39 is 5.82 Å². The molecule has 0 radical (unpaired) electrons. The summed E-state index contributed by atoms with van der Waals surface area (Å²) in [4.78, 5) is 2.00. The van der Waals surface area contributed by atoms with Crippen LogP contribution in [0, 0.1) is 5.82 Å². The second-order valence-electron chi connectivity index (χ2n) is 3.69. The SMILES string of the molecule is CCC(C)N(C)c1cc(Cl)c(F)cc1N. The molecule has 0 heterocycles. The third-order valence-corrected chi connectivity index (χ3v) is 2.99. The van der Waals surface area contributed by atoms with Crippen molar-refractivity contribution in [2.75, 3.05) is 17.7 Å². The number of benzene rings is 1. The Morgan fingerprint density at radius 1 is 1.53 bits per heavy atom. The van der Waals surface area contributed by atoms with Crippen LogP contribution >= 0.6 is 11.6 Å². The zero-order valence-corrected chi connectivity index (χ0v) is 9.98. The summed E-state index contributed by atoms with van der Waals surface area (Å²) in [6.45, 7) is 4.17. The van der Waals surface area contributed by atoms with Crippen LogP contribution in [-0.2, 0) is 0 Å². The highest BCUT2D eigenvalue weighted by molar-refractivity contribution is 6.31. The predicted molar refractivity (Wildman–Crippen MR) is 64.0 cm³/mol. The van der Waals surface area contributed by atoms with Gasteiger partial charge in [0.15, 0.2) is 0 Å². The lowest BCUT2D eigenvalue weighted by Gasteiger charge is -2.27. The topological polar surface area (TPSA) is 29.3 Å². The summed E-state index contributed by atoms with van der Waals surface area (Å²) in [5.74, 6) is -0.476. The molecule has 1 unspecified atom stereocenters. The first-order chi connectivity index (χ1) is 6.97. The summed E-state index contributed by atoms with van der Waals surface area (Å²) in [5.41, 5.74) is 6.93. The molecule has 1 rings (SSSR count). The molecule has 0 bridgehead atoms. The van der Waals surface area contributed by atoms with Gasteiger partial charge >= 0.3 is 0 Å². The first-order valence-corrected chi connectivity index (χ1v) is 5.32. The van der Waals surface area contributed by atoms with E-state index in [-0.39, 0.29) is 5.02 Å². The number of nitrogens with two attached hydrogens (primary N) is 1. The van der Waals surface area contributed by atoms with Crippen LogP contribution in [0.4, 0.5) is 15.8 Å². The summed E-state index contributed by atoms with van der Waals surface area (Å²) >= 11 is 5.72. The van der Waals surface area contributed by atoms with Gasteiger partial charge in [0.05, 0.1) is 16.4 Å². The van der Waals surface area contributed by atoms with E-state index >= 15 is 0 Å². The van der Waals surface area contributed by atoms with Crippen molar-refractivity contribution in [1.29, 1.82) is 0 Å². The van der Waals surface area contributed by atoms with Crippen molar-refractivity contribution in [3.05, 3.63) is 23.0 Å². The van der Waals surface area contributed by atoms with Crippen molar-refractivity contribution in [3.63, 3.8) is 0 Å². The van der Waals surface area contributed by atoms with Gasteiger partial charge in [0.2, 0.25) is 0 Å². The Balaban J connectivity index is 3.09. The highest BCUT2D eigenvalue weighted by Crippen LogP contribution is 2.30. The Hall–Kier alpha value is -0.960. The van der Waals surface area contributed by atoms with Crippen molar-refractivity contribution in [1.82, 2.24) is 0 Å². The van der Waals surface area contributed by atoms with Crippen molar-refractivity contribution >= 4 is 23.0 Å². The highest BCUT2D eigenvalue weighted by atomic mass is 35.5. The van der Waals surface area contributed by atoms with E-state index in [9.17, 15) is 4.39 Å². The van der Waals surface area contributed by atoms with Crippen molar-refractivity contribution in [3.8, 4) is 0 Å². The molecule has 0 saturated carbocycles. The van der Waals surface area contributed by atoms with E-state index in [0.717, 1.165) is 12.1 Å². The second kappa shape index (κ2) is 4.71. The Kier molecular flexibility index (Phi) is 3.80. The first-order valence-electron chi connectivity index (χ1n) is 4.94. The number of nitrogens with zero attached hydrogens (tertiary/aromatic N) is 1. The summed E-state index contributed by atoms with van der Waals surface area (Å²) < 4.78 is 13.1. The summed E-state index contributed by atoms with van der Waals surface area (Å²) in [6, 6.07) is 3.17. The van der Waals surface area contributed by atoms with Crippen LogP contribution < -0.4 is 10.6 Å². The van der Waals surface area contributed by atoms with E-state index in [4.69, 9.17) is 17.3 Å². The monoisotopic (exact) mass is 230 g/mol. The van der Waals surface area contributed by atoms with Gasteiger partial charge in [-0.25, -0.2) is 4.39 Å². The van der Waals surface area contributed by atoms with Gasteiger partial charge in [0, 0.05) is 19.2 Å². The van der Waals surface area contributed by atoms with Crippen LogP contribution in [-0.4, -0.2) is 13.1 Å². The molecule has 84 valence electrons. The maximum Gasteiger partial charge on any atom is 0.143 e. The van der Waals surface area contributed by atoms with Crippen LogP contribution in [0.3, 0.4) is 0 Å². The smallest absolute Gasteiger partial charge is 0.143 e. The van der Waals surface area contributed by atoms with Gasteiger partial charge in [0.1, 0.15) is 5.82 Å². The van der Waals surface area contributed by atoms with Crippen LogP contribution in [0.2, 0.25) is 5.02 Å². The molecule has 0 aliphatic heterocycles. The van der Waals surface area contributed by atoms with Gasteiger partial charge in [-0.2, -0.15) is 0 Å². The summed E-state index contributed by atoms with van der Waals surface area (Å²) in [6.07, 6.45) is 0.991. The van der Waals surface area contributed by atoms with Crippen LogP contribution in [0.15, 0.2) is 12.1 Å². The lowest BCUT2D eigenvalue weighted by atomic mass is 10.2.